The van der Waals surface area contributed by atoms with Gasteiger partial charge in [-0.05, 0) is 40.1 Å². The van der Waals surface area contributed by atoms with Crippen LogP contribution in [0.4, 0.5) is 0 Å². The predicted octanol–water partition coefficient (Wildman–Crippen LogP) is 5.81. The highest BCUT2D eigenvalue weighted by Gasteiger charge is 2.30. The van der Waals surface area contributed by atoms with E-state index in [0.717, 1.165) is 16.9 Å². The van der Waals surface area contributed by atoms with Crippen molar-refractivity contribution in [3.63, 3.8) is 0 Å². The summed E-state index contributed by atoms with van der Waals surface area (Å²) in [7, 11) is 0. The van der Waals surface area contributed by atoms with Crippen LogP contribution < -0.4 is 4.74 Å². The van der Waals surface area contributed by atoms with E-state index in [1.54, 1.807) is 11.0 Å². The maximum Gasteiger partial charge on any atom is 0.266 e. The van der Waals surface area contributed by atoms with Gasteiger partial charge in [0.15, 0.2) is 0 Å². The summed E-state index contributed by atoms with van der Waals surface area (Å²) in [5.74, 6) is 0.713. The second-order valence-corrected chi connectivity index (χ2v) is 8.25. The maximum atomic E-state index is 12.4. The average molecular weight is 418 g/mol. The van der Waals surface area contributed by atoms with E-state index in [1.807, 2.05) is 48.5 Å². The molecule has 144 valence electrons. The molecular formula is C24H19NO2S2. The second-order valence-electron chi connectivity index (χ2n) is 6.58. The number of hydrogen-bond donors (Lipinski definition) is 0. The van der Waals surface area contributed by atoms with Crippen molar-refractivity contribution in [2.24, 2.45) is 0 Å². The van der Waals surface area contributed by atoms with E-state index >= 15 is 0 Å². The van der Waals surface area contributed by atoms with Crippen molar-refractivity contribution >= 4 is 51.1 Å². The first-order valence-electron chi connectivity index (χ1n) is 9.21. The van der Waals surface area contributed by atoms with E-state index in [-0.39, 0.29) is 5.91 Å². The number of ether oxygens (including phenoxy) is 1. The van der Waals surface area contributed by atoms with Crippen LogP contribution in [-0.4, -0.2) is 21.7 Å². The fourth-order valence-corrected chi connectivity index (χ4v) is 4.45. The van der Waals surface area contributed by atoms with Crippen molar-refractivity contribution in [3.8, 4) is 5.75 Å². The van der Waals surface area contributed by atoms with Crippen molar-refractivity contribution in [2.75, 3.05) is 6.54 Å². The lowest BCUT2D eigenvalue weighted by molar-refractivity contribution is -0.121. The number of nitrogens with zero attached hydrogens (tertiary/aromatic N) is 1. The molecule has 0 atom stereocenters. The van der Waals surface area contributed by atoms with Crippen molar-refractivity contribution < 1.29 is 9.53 Å². The van der Waals surface area contributed by atoms with Crippen LogP contribution in [0.15, 0.2) is 84.3 Å². The Morgan fingerprint density at radius 3 is 2.59 bits per heavy atom. The number of carbonyl (C=O) groups is 1. The Morgan fingerprint density at radius 2 is 1.79 bits per heavy atom. The van der Waals surface area contributed by atoms with E-state index in [9.17, 15) is 4.79 Å². The molecule has 1 saturated heterocycles. The van der Waals surface area contributed by atoms with Gasteiger partial charge < -0.3 is 4.74 Å². The Hall–Kier alpha value is -2.89. The van der Waals surface area contributed by atoms with Gasteiger partial charge in [-0.1, -0.05) is 84.7 Å². The molecule has 0 radical (unpaired) electrons. The Bertz CT molecular complexity index is 1110. The quantitative estimate of drug-likeness (QED) is 0.288. The SMILES string of the molecule is C=CCN1C(=O)/C(=C\c2ccc(OCc3cccc4ccccc34)cc2)SC1=S. The summed E-state index contributed by atoms with van der Waals surface area (Å²) in [6.07, 6.45) is 3.53. The van der Waals surface area contributed by atoms with Crippen LogP contribution >= 0.6 is 24.0 Å². The Morgan fingerprint density at radius 1 is 1.03 bits per heavy atom. The third-order valence-electron chi connectivity index (χ3n) is 4.64. The highest BCUT2D eigenvalue weighted by atomic mass is 32.2. The molecule has 1 aliphatic heterocycles. The van der Waals surface area contributed by atoms with Gasteiger partial charge in [0.1, 0.15) is 16.7 Å². The van der Waals surface area contributed by atoms with Gasteiger partial charge >= 0.3 is 0 Å². The zero-order valence-electron chi connectivity index (χ0n) is 15.7. The Kier molecular flexibility index (Phi) is 5.79. The molecule has 0 saturated carbocycles. The molecule has 0 aliphatic carbocycles. The summed E-state index contributed by atoms with van der Waals surface area (Å²) in [4.78, 5) is 14.6. The molecule has 1 heterocycles. The van der Waals surface area contributed by atoms with Crippen LogP contribution in [0.1, 0.15) is 11.1 Å². The highest BCUT2D eigenvalue weighted by Crippen LogP contribution is 2.32. The molecule has 5 heteroatoms. The second kappa shape index (κ2) is 8.64. The molecular weight excluding hydrogens is 398 g/mol. The molecule has 1 amide bonds. The van der Waals surface area contributed by atoms with Crippen LogP contribution in [0.25, 0.3) is 16.8 Å². The van der Waals surface area contributed by atoms with E-state index in [0.29, 0.717) is 22.4 Å². The summed E-state index contributed by atoms with van der Waals surface area (Å²) in [6.45, 7) is 4.61. The largest absolute Gasteiger partial charge is 0.489 e. The highest BCUT2D eigenvalue weighted by molar-refractivity contribution is 8.26. The summed E-state index contributed by atoms with van der Waals surface area (Å²) in [6, 6.07) is 22.2. The molecule has 0 unspecified atom stereocenters. The van der Waals surface area contributed by atoms with Gasteiger partial charge in [0.05, 0.1) is 4.91 Å². The maximum absolute atomic E-state index is 12.4. The van der Waals surface area contributed by atoms with E-state index in [1.165, 1.54) is 22.5 Å². The van der Waals surface area contributed by atoms with E-state index in [2.05, 4.69) is 30.8 Å². The van der Waals surface area contributed by atoms with Crippen molar-refractivity contribution in [1.82, 2.24) is 4.90 Å². The van der Waals surface area contributed by atoms with Crippen molar-refractivity contribution in [2.45, 2.75) is 6.61 Å². The molecule has 0 aromatic heterocycles. The zero-order valence-corrected chi connectivity index (χ0v) is 17.3. The van der Waals surface area contributed by atoms with Gasteiger partial charge in [0, 0.05) is 6.54 Å². The lowest BCUT2D eigenvalue weighted by Gasteiger charge is -2.10. The van der Waals surface area contributed by atoms with Gasteiger partial charge in [-0.15, -0.1) is 6.58 Å². The minimum absolute atomic E-state index is 0.0730. The first-order valence-corrected chi connectivity index (χ1v) is 10.4. The first kappa shape index (κ1) is 19.4. The summed E-state index contributed by atoms with van der Waals surface area (Å²) < 4.78 is 6.55. The zero-order chi connectivity index (χ0) is 20.2. The van der Waals surface area contributed by atoms with Crippen LogP contribution in [0.3, 0.4) is 0 Å². The third-order valence-corrected chi connectivity index (χ3v) is 6.02. The molecule has 0 bridgehead atoms. The van der Waals surface area contributed by atoms with Crippen molar-refractivity contribution in [3.05, 3.63) is 95.4 Å². The smallest absolute Gasteiger partial charge is 0.266 e. The number of fused-ring (bicyclic) bond motifs is 1. The van der Waals surface area contributed by atoms with Gasteiger partial charge in [0.25, 0.3) is 5.91 Å². The number of thiocarbonyl (C=S) groups is 1. The summed E-state index contributed by atoms with van der Waals surface area (Å²) in [5.41, 5.74) is 2.08. The number of benzene rings is 3. The number of amides is 1. The summed E-state index contributed by atoms with van der Waals surface area (Å²) in [5, 5.41) is 2.41. The lowest BCUT2D eigenvalue weighted by Crippen LogP contribution is -2.27. The molecule has 4 rings (SSSR count). The fraction of sp³-hybridized carbons (Fsp3) is 0.0833. The normalized spacial score (nSPS) is 15.3. The van der Waals surface area contributed by atoms with Gasteiger partial charge in [-0.3, -0.25) is 9.69 Å². The molecule has 3 aromatic carbocycles. The number of rotatable bonds is 6. The minimum atomic E-state index is -0.0730. The Labute approximate surface area is 179 Å². The topological polar surface area (TPSA) is 29.5 Å². The molecule has 1 aliphatic rings. The van der Waals surface area contributed by atoms with Crippen LogP contribution in [0.5, 0.6) is 5.75 Å². The lowest BCUT2D eigenvalue weighted by atomic mass is 10.1. The average Bonchev–Trinajstić information content (AvgIpc) is 3.01. The van der Waals surface area contributed by atoms with Crippen LogP contribution in [0, 0.1) is 0 Å². The number of thioether (sulfide) groups is 1. The predicted molar refractivity (Wildman–Crippen MR) is 125 cm³/mol. The van der Waals surface area contributed by atoms with E-state index < -0.39 is 0 Å². The molecule has 1 fully saturated rings. The molecule has 3 nitrogen and oxygen atoms in total. The summed E-state index contributed by atoms with van der Waals surface area (Å²) >= 11 is 6.59. The molecule has 0 N–H and O–H groups in total. The van der Waals surface area contributed by atoms with Gasteiger partial charge in [0.2, 0.25) is 0 Å². The third kappa shape index (κ3) is 4.26. The standard InChI is InChI=1S/C24H19NO2S2/c1-2-14-25-23(26)22(29-24(25)28)15-17-10-12-20(13-11-17)27-16-19-8-5-7-18-6-3-4-9-21(18)19/h2-13,15H,1,14,16H2/b22-15+. The van der Waals surface area contributed by atoms with E-state index in [4.69, 9.17) is 17.0 Å². The van der Waals surface area contributed by atoms with Gasteiger partial charge in [-0.25, -0.2) is 0 Å². The van der Waals surface area contributed by atoms with Crippen molar-refractivity contribution in [1.29, 1.82) is 0 Å². The monoisotopic (exact) mass is 417 g/mol. The van der Waals surface area contributed by atoms with Crippen LogP contribution in [-0.2, 0) is 11.4 Å². The molecule has 3 aromatic rings. The minimum Gasteiger partial charge on any atom is -0.489 e. The number of hydrogen-bond acceptors (Lipinski definition) is 4. The van der Waals surface area contributed by atoms with Gasteiger partial charge in [-0.2, -0.15) is 0 Å². The fourth-order valence-electron chi connectivity index (χ4n) is 3.18. The molecule has 0 spiro atoms. The Balaban J connectivity index is 1.45. The van der Waals surface area contributed by atoms with Crippen LogP contribution in [0.2, 0.25) is 0 Å². The number of carbonyl (C=O) groups excluding carboxylic acids is 1. The first-order chi connectivity index (χ1) is 14.2. The molecule has 29 heavy (non-hydrogen) atoms.